The van der Waals surface area contributed by atoms with E-state index in [2.05, 4.69) is 15.4 Å². The summed E-state index contributed by atoms with van der Waals surface area (Å²) in [4.78, 5) is 19.6. The molecule has 8 nitrogen and oxygen atoms in total. The summed E-state index contributed by atoms with van der Waals surface area (Å²) >= 11 is 1.33. The van der Waals surface area contributed by atoms with E-state index in [0.29, 0.717) is 23.9 Å². The number of aryl methyl sites for hydroxylation is 1. The molecule has 0 aromatic carbocycles. The number of amides is 1. The van der Waals surface area contributed by atoms with Gasteiger partial charge in [0, 0.05) is 31.4 Å². The lowest BCUT2D eigenvalue weighted by molar-refractivity contribution is 0.0703. The fourth-order valence-electron chi connectivity index (χ4n) is 3.14. The monoisotopic (exact) mass is 395 g/mol. The van der Waals surface area contributed by atoms with Gasteiger partial charge in [0.1, 0.15) is 4.88 Å². The average Bonchev–Trinajstić information content (AvgIpc) is 3.14. The molecule has 1 amide bonds. The van der Waals surface area contributed by atoms with E-state index in [1.807, 2.05) is 0 Å². The molecule has 1 saturated carbocycles. The number of carbonyl (C=O) groups is 1. The highest BCUT2D eigenvalue weighted by atomic mass is 32.2. The number of hydrogen-bond donors (Lipinski definition) is 1. The van der Waals surface area contributed by atoms with Gasteiger partial charge in [-0.1, -0.05) is 11.3 Å². The summed E-state index contributed by atoms with van der Waals surface area (Å²) in [5.74, 6) is -0.140. The first-order chi connectivity index (χ1) is 12.4. The zero-order valence-corrected chi connectivity index (χ0v) is 16.1. The van der Waals surface area contributed by atoms with Gasteiger partial charge in [0.25, 0.3) is 5.91 Å². The molecule has 2 fully saturated rings. The van der Waals surface area contributed by atoms with Gasteiger partial charge in [-0.2, -0.15) is 5.10 Å². The molecular formula is C16H21N5O3S2. The second-order valence-electron chi connectivity index (χ2n) is 6.88. The molecule has 26 heavy (non-hydrogen) atoms. The number of thiazole rings is 1. The minimum atomic E-state index is -3.21. The van der Waals surface area contributed by atoms with Gasteiger partial charge in [-0.25, -0.2) is 13.4 Å². The maximum atomic E-state index is 13.1. The van der Waals surface area contributed by atoms with Crippen molar-refractivity contribution in [1.82, 2.24) is 19.7 Å². The van der Waals surface area contributed by atoms with Gasteiger partial charge in [-0.3, -0.25) is 9.48 Å². The molecule has 140 valence electrons. The van der Waals surface area contributed by atoms with Crippen LogP contribution in [0.4, 0.5) is 5.13 Å². The smallest absolute Gasteiger partial charge is 0.266 e. The highest BCUT2D eigenvalue weighted by molar-refractivity contribution is 7.91. The molecule has 1 saturated heterocycles. The van der Waals surface area contributed by atoms with Crippen LogP contribution in [0.2, 0.25) is 0 Å². The Balaban J connectivity index is 1.62. The number of anilines is 1. The lowest BCUT2D eigenvalue weighted by Gasteiger charge is -2.28. The quantitative estimate of drug-likeness (QED) is 0.842. The highest BCUT2D eigenvalue weighted by Crippen LogP contribution is 2.31. The third-order valence-electron chi connectivity index (χ3n) is 4.63. The fourth-order valence-corrected chi connectivity index (χ4v) is 5.58. The van der Waals surface area contributed by atoms with Crippen LogP contribution in [0.25, 0.3) is 0 Å². The van der Waals surface area contributed by atoms with Crippen LogP contribution < -0.4 is 5.32 Å². The van der Waals surface area contributed by atoms with E-state index in [9.17, 15) is 13.2 Å². The number of aromatic nitrogens is 3. The molecule has 2 aliphatic rings. The fraction of sp³-hybridized carbons (Fsp3) is 0.562. The van der Waals surface area contributed by atoms with Crippen molar-refractivity contribution in [3.8, 4) is 0 Å². The van der Waals surface area contributed by atoms with E-state index in [1.165, 1.54) is 11.3 Å². The Bertz CT molecular complexity index is 916. The maximum Gasteiger partial charge on any atom is 0.266 e. The molecule has 4 rings (SSSR count). The van der Waals surface area contributed by atoms with Crippen molar-refractivity contribution in [3.63, 3.8) is 0 Å². The SMILES string of the molecule is Cn1cc(C2CS(=O)(=O)CCCN2C(=O)c2cnc(NC3CC3)s2)cn1. The van der Waals surface area contributed by atoms with Crippen LogP contribution in [0, 0.1) is 0 Å². The number of hydrogen-bond acceptors (Lipinski definition) is 7. The van der Waals surface area contributed by atoms with Gasteiger partial charge in [-0.15, -0.1) is 0 Å². The Hall–Kier alpha value is -1.94. The first kappa shape index (κ1) is 17.5. The molecule has 1 aliphatic heterocycles. The molecule has 0 spiro atoms. The molecule has 2 aromatic rings. The third-order valence-corrected chi connectivity index (χ3v) is 7.29. The van der Waals surface area contributed by atoms with Gasteiger partial charge in [0.05, 0.1) is 29.9 Å². The van der Waals surface area contributed by atoms with E-state index >= 15 is 0 Å². The average molecular weight is 396 g/mol. The van der Waals surface area contributed by atoms with Crippen molar-refractivity contribution >= 4 is 32.2 Å². The summed E-state index contributed by atoms with van der Waals surface area (Å²) < 4.78 is 26.3. The predicted octanol–water partition coefficient (Wildman–Crippen LogP) is 1.45. The van der Waals surface area contributed by atoms with Crippen molar-refractivity contribution in [2.75, 3.05) is 23.4 Å². The van der Waals surface area contributed by atoms with Crippen LogP contribution in [0.15, 0.2) is 18.6 Å². The first-order valence-corrected chi connectivity index (χ1v) is 11.3. The van der Waals surface area contributed by atoms with Crippen molar-refractivity contribution < 1.29 is 13.2 Å². The molecule has 10 heteroatoms. The highest BCUT2D eigenvalue weighted by Gasteiger charge is 2.35. The van der Waals surface area contributed by atoms with Crippen LogP contribution in [-0.2, 0) is 16.9 Å². The van der Waals surface area contributed by atoms with Crippen molar-refractivity contribution in [2.24, 2.45) is 7.05 Å². The minimum absolute atomic E-state index is 0.0730. The Morgan fingerprint density at radius 1 is 1.35 bits per heavy atom. The van der Waals surface area contributed by atoms with Crippen LogP contribution in [0.3, 0.4) is 0 Å². The van der Waals surface area contributed by atoms with Gasteiger partial charge < -0.3 is 10.2 Å². The molecule has 1 unspecified atom stereocenters. The topological polar surface area (TPSA) is 97.2 Å². The van der Waals surface area contributed by atoms with E-state index in [1.54, 1.807) is 35.2 Å². The lowest BCUT2D eigenvalue weighted by Crippen LogP contribution is -2.36. The number of rotatable bonds is 4. The normalized spacial score (nSPS) is 22.8. The van der Waals surface area contributed by atoms with Gasteiger partial charge in [0.2, 0.25) is 0 Å². The summed E-state index contributed by atoms with van der Waals surface area (Å²) in [5.41, 5.74) is 0.743. The minimum Gasteiger partial charge on any atom is -0.359 e. The van der Waals surface area contributed by atoms with Gasteiger partial charge in [-0.05, 0) is 19.3 Å². The molecule has 1 atom stereocenters. The standard InChI is InChI=1S/C16H21N5O3S2/c1-20-9-11(7-18-20)13-10-26(23,24)6-2-5-21(13)15(22)14-8-17-16(25-14)19-12-3-4-12/h7-9,12-13H,2-6,10H2,1H3,(H,17,19). The van der Waals surface area contributed by atoms with E-state index in [4.69, 9.17) is 0 Å². The maximum absolute atomic E-state index is 13.1. The molecule has 0 radical (unpaired) electrons. The Labute approximate surface area is 156 Å². The zero-order valence-electron chi connectivity index (χ0n) is 14.5. The Morgan fingerprint density at radius 2 is 2.15 bits per heavy atom. The molecule has 2 aromatic heterocycles. The number of sulfone groups is 1. The van der Waals surface area contributed by atoms with Crippen molar-refractivity contribution in [2.45, 2.75) is 31.3 Å². The molecular weight excluding hydrogens is 374 g/mol. The largest absolute Gasteiger partial charge is 0.359 e. The van der Waals surface area contributed by atoms with Crippen LogP contribution in [-0.4, -0.2) is 58.1 Å². The van der Waals surface area contributed by atoms with Crippen molar-refractivity contribution in [1.29, 1.82) is 0 Å². The molecule has 1 N–H and O–H groups in total. The van der Waals surface area contributed by atoms with Crippen LogP contribution in [0.5, 0.6) is 0 Å². The van der Waals surface area contributed by atoms with E-state index < -0.39 is 15.9 Å². The van der Waals surface area contributed by atoms with E-state index in [0.717, 1.165) is 23.5 Å². The number of nitrogens with zero attached hydrogens (tertiary/aromatic N) is 4. The predicted molar refractivity (Wildman–Crippen MR) is 99.0 cm³/mol. The first-order valence-electron chi connectivity index (χ1n) is 8.63. The van der Waals surface area contributed by atoms with Crippen molar-refractivity contribution in [3.05, 3.63) is 29.0 Å². The summed E-state index contributed by atoms with van der Waals surface area (Å²) in [7, 11) is -1.44. The number of carbonyl (C=O) groups excluding carboxylic acids is 1. The zero-order chi connectivity index (χ0) is 18.3. The Morgan fingerprint density at radius 3 is 2.85 bits per heavy atom. The van der Waals surface area contributed by atoms with Gasteiger partial charge >= 0.3 is 0 Å². The summed E-state index contributed by atoms with van der Waals surface area (Å²) in [6.45, 7) is 0.404. The summed E-state index contributed by atoms with van der Waals surface area (Å²) in [5, 5.41) is 8.18. The second-order valence-corrected chi connectivity index (χ2v) is 10.1. The van der Waals surface area contributed by atoms with E-state index in [-0.39, 0.29) is 17.4 Å². The molecule has 3 heterocycles. The second kappa shape index (κ2) is 6.66. The third kappa shape index (κ3) is 3.75. The summed E-state index contributed by atoms with van der Waals surface area (Å²) in [6.07, 6.45) is 7.71. The Kier molecular flexibility index (Phi) is 4.47. The van der Waals surface area contributed by atoms with Gasteiger partial charge in [0.15, 0.2) is 15.0 Å². The van der Waals surface area contributed by atoms with Crippen LogP contribution >= 0.6 is 11.3 Å². The summed E-state index contributed by atoms with van der Waals surface area (Å²) in [6, 6.07) is -0.0544. The molecule has 0 bridgehead atoms. The lowest BCUT2D eigenvalue weighted by atomic mass is 10.1. The van der Waals surface area contributed by atoms with Crippen LogP contribution in [0.1, 0.15) is 40.5 Å². The molecule has 1 aliphatic carbocycles. The number of nitrogens with one attached hydrogen (secondary N) is 1.